The summed E-state index contributed by atoms with van der Waals surface area (Å²) in [6.07, 6.45) is 5.56. The standard InChI is InChI=1S/C14H17N3/c1-10(14-7-8-15-17-14)16-13-6-5-11-3-2-4-12(11)9-13/h5-10,16H,2-4H2,1H3,(H,15,17). The van der Waals surface area contributed by atoms with E-state index in [0.29, 0.717) is 0 Å². The molecule has 17 heavy (non-hydrogen) atoms. The molecule has 1 aromatic heterocycles. The summed E-state index contributed by atoms with van der Waals surface area (Å²) in [4.78, 5) is 0. The zero-order valence-electron chi connectivity index (χ0n) is 10.0. The minimum Gasteiger partial charge on any atom is -0.377 e. The lowest BCUT2D eigenvalue weighted by molar-refractivity contribution is 0.825. The lowest BCUT2D eigenvalue weighted by Crippen LogP contribution is -2.07. The van der Waals surface area contributed by atoms with Crippen LogP contribution >= 0.6 is 0 Å². The van der Waals surface area contributed by atoms with Crippen molar-refractivity contribution in [3.05, 3.63) is 47.3 Å². The van der Waals surface area contributed by atoms with Gasteiger partial charge < -0.3 is 5.32 Å². The van der Waals surface area contributed by atoms with E-state index in [9.17, 15) is 0 Å². The molecule has 0 aliphatic heterocycles. The highest BCUT2D eigenvalue weighted by Gasteiger charge is 2.12. The number of nitrogens with one attached hydrogen (secondary N) is 2. The molecule has 2 N–H and O–H groups in total. The molecule has 88 valence electrons. The summed E-state index contributed by atoms with van der Waals surface area (Å²) in [6.45, 7) is 2.14. The van der Waals surface area contributed by atoms with Crippen molar-refractivity contribution >= 4 is 5.69 Å². The van der Waals surface area contributed by atoms with Crippen molar-refractivity contribution in [3.63, 3.8) is 0 Å². The summed E-state index contributed by atoms with van der Waals surface area (Å²) in [7, 11) is 0. The Balaban J connectivity index is 1.77. The normalized spacial score (nSPS) is 15.6. The van der Waals surface area contributed by atoms with Crippen LogP contribution in [0, 0.1) is 0 Å². The fraction of sp³-hybridized carbons (Fsp3) is 0.357. The molecule has 0 spiro atoms. The molecule has 0 fully saturated rings. The van der Waals surface area contributed by atoms with Gasteiger partial charge in [-0.1, -0.05) is 6.07 Å². The Bertz CT molecular complexity index is 502. The van der Waals surface area contributed by atoms with E-state index in [1.54, 1.807) is 6.20 Å². The zero-order valence-corrected chi connectivity index (χ0v) is 10.0. The minimum absolute atomic E-state index is 0.261. The second kappa shape index (κ2) is 4.24. The lowest BCUT2D eigenvalue weighted by Gasteiger charge is -2.14. The van der Waals surface area contributed by atoms with Crippen molar-refractivity contribution in [1.29, 1.82) is 0 Å². The molecular formula is C14H17N3. The Hall–Kier alpha value is -1.77. The molecule has 0 amide bonds. The van der Waals surface area contributed by atoms with Crippen LogP contribution in [-0.4, -0.2) is 10.2 Å². The molecular weight excluding hydrogens is 210 g/mol. The van der Waals surface area contributed by atoms with Crippen LogP contribution in [0.3, 0.4) is 0 Å². The van der Waals surface area contributed by atoms with Crippen LogP contribution in [-0.2, 0) is 12.8 Å². The molecule has 3 nitrogen and oxygen atoms in total. The number of hydrogen-bond donors (Lipinski definition) is 2. The monoisotopic (exact) mass is 227 g/mol. The molecule has 1 aromatic carbocycles. The third-order valence-electron chi connectivity index (χ3n) is 3.47. The molecule has 0 saturated carbocycles. The maximum absolute atomic E-state index is 3.98. The van der Waals surface area contributed by atoms with Crippen LogP contribution in [0.1, 0.15) is 36.2 Å². The average molecular weight is 227 g/mol. The van der Waals surface area contributed by atoms with Crippen LogP contribution in [0.2, 0.25) is 0 Å². The van der Waals surface area contributed by atoms with Gasteiger partial charge in [0.1, 0.15) is 0 Å². The first kappa shape index (κ1) is 10.4. The van der Waals surface area contributed by atoms with Crippen LogP contribution in [0.25, 0.3) is 0 Å². The van der Waals surface area contributed by atoms with Crippen molar-refractivity contribution in [2.75, 3.05) is 5.32 Å². The van der Waals surface area contributed by atoms with E-state index in [1.807, 2.05) is 6.07 Å². The van der Waals surface area contributed by atoms with Gasteiger partial charge in [0, 0.05) is 11.9 Å². The molecule has 3 heteroatoms. The summed E-state index contributed by atoms with van der Waals surface area (Å²) in [6, 6.07) is 8.98. The van der Waals surface area contributed by atoms with E-state index in [4.69, 9.17) is 0 Å². The van der Waals surface area contributed by atoms with Crippen LogP contribution in [0.5, 0.6) is 0 Å². The Labute approximate surface area is 101 Å². The Kier molecular flexibility index (Phi) is 2.59. The number of aromatic nitrogens is 2. The van der Waals surface area contributed by atoms with E-state index in [-0.39, 0.29) is 6.04 Å². The van der Waals surface area contributed by atoms with Crippen LogP contribution in [0.15, 0.2) is 30.5 Å². The quantitative estimate of drug-likeness (QED) is 0.846. The number of benzene rings is 1. The Morgan fingerprint density at radius 2 is 2.12 bits per heavy atom. The summed E-state index contributed by atoms with van der Waals surface area (Å²) in [5.41, 5.74) is 5.34. The van der Waals surface area contributed by atoms with E-state index < -0.39 is 0 Å². The number of hydrogen-bond acceptors (Lipinski definition) is 2. The molecule has 1 unspecified atom stereocenters. The van der Waals surface area contributed by atoms with Crippen molar-refractivity contribution in [1.82, 2.24) is 10.2 Å². The second-order valence-electron chi connectivity index (χ2n) is 4.72. The van der Waals surface area contributed by atoms with Crippen molar-refractivity contribution < 1.29 is 0 Å². The Morgan fingerprint density at radius 3 is 2.94 bits per heavy atom. The molecule has 1 aliphatic carbocycles. The second-order valence-corrected chi connectivity index (χ2v) is 4.72. The minimum atomic E-state index is 0.261. The maximum atomic E-state index is 3.98. The summed E-state index contributed by atoms with van der Waals surface area (Å²) < 4.78 is 0. The highest BCUT2D eigenvalue weighted by Crippen LogP contribution is 2.26. The molecule has 0 radical (unpaired) electrons. The van der Waals surface area contributed by atoms with Crippen molar-refractivity contribution in [3.8, 4) is 0 Å². The van der Waals surface area contributed by atoms with Crippen molar-refractivity contribution in [2.24, 2.45) is 0 Å². The van der Waals surface area contributed by atoms with Gasteiger partial charge >= 0.3 is 0 Å². The highest BCUT2D eigenvalue weighted by molar-refractivity contribution is 5.51. The van der Waals surface area contributed by atoms with Crippen LogP contribution < -0.4 is 5.32 Å². The first-order valence-electron chi connectivity index (χ1n) is 6.20. The smallest absolute Gasteiger partial charge is 0.0651 e. The van der Waals surface area contributed by atoms with Gasteiger partial charge in [-0.05, 0) is 55.5 Å². The molecule has 1 heterocycles. The Morgan fingerprint density at radius 1 is 1.24 bits per heavy atom. The van der Waals surface area contributed by atoms with Gasteiger partial charge in [0.05, 0.1) is 11.7 Å². The zero-order chi connectivity index (χ0) is 11.7. The molecule has 1 atom stereocenters. The van der Waals surface area contributed by atoms with Gasteiger partial charge in [0.2, 0.25) is 0 Å². The van der Waals surface area contributed by atoms with Gasteiger partial charge in [-0.15, -0.1) is 0 Å². The first-order chi connectivity index (χ1) is 8.33. The van der Waals surface area contributed by atoms with E-state index >= 15 is 0 Å². The lowest BCUT2D eigenvalue weighted by atomic mass is 10.1. The number of aromatic amines is 1. The third kappa shape index (κ3) is 2.05. The molecule has 0 saturated heterocycles. The van der Waals surface area contributed by atoms with E-state index in [1.165, 1.54) is 36.1 Å². The van der Waals surface area contributed by atoms with Gasteiger partial charge in [-0.25, -0.2) is 0 Å². The fourth-order valence-electron chi connectivity index (χ4n) is 2.50. The summed E-state index contributed by atoms with van der Waals surface area (Å²) >= 11 is 0. The number of H-pyrrole nitrogens is 1. The fourth-order valence-corrected chi connectivity index (χ4v) is 2.50. The van der Waals surface area contributed by atoms with Gasteiger partial charge in [0.25, 0.3) is 0 Å². The maximum Gasteiger partial charge on any atom is 0.0651 e. The van der Waals surface area contributed by atoms with Crippen molar-refractivity contribution in [2.45, 2.75) is 32.2 Å². The average Bonchev–Trinajstić information content (AvgIpc) is 2.99. The molecule has 0 bridgehead atoms. The molecule has 2 aromatic rings. The van der Waals surface area contributed by atoms with Crippen LogP contribution in [0.4, 0.5) is 5.69 Å². The number of aryl methyl sites for hydroxylation is 2. The van der Waals surface area contributed by atoms with Gasteiger partial charge in [-0.3, -0.25) is 5.10 Å². The summed E-state index contributed by atoms with van der Waals surface area (Å²) in [5.74, 6) is 0. The molecule has 3 rings (SSSR count). The largest absolute Gasteiger partial charge is 0.377 e. The van der Waals surface area contributed by atoms with E-state index in [0.717, 1.165) is 5.69 Å². The van der Waals surface area contributed by atoms with E-state index in [2.05, 4.69) is 40.6 Å². The highest BCUT2D eigenvalue weighted by atomic mass is 15.1. The first-order valence-corrected chi connectivity index (χ1v) is 6.20. The third-order valence-corrected chi connectivity index (χ3v) is 3.47. The number of nitrogens with zero attached hydrogens (tertiary/aromatic N) is 1. The topological polar surface area (TPSA) is 40.7 Å². The number of rotatable bonds is 3. The SMILES string of the molecule is CC(Nc1ccc2c(c1)CCC2)c1ccn[nH]1. The number of anilines is 1. The molecule has 1 aliphatic rings. The predicted molar refractivity (Wildman–Crippen MR) is 69.1 cm³/mol. The summed E-state index contributed by atoms with van der Waals surface area (Å²) in [5, 5.41) is 10.5. The number of fused-ring (bicyclic) bond motifs is 1. The predicted octanol–water partition coefficient (Wildman–Crippen LogP) is 3.07. The van der Waals surface area contributed by atoms with Gasteiger partial charge in [0.15, 0.2) is 0 Å². The van der Waals surface area contributed by atoms with Gasteiger partial charge in [-0.2, -0.15) is 5.10 Å².